The summed E-state index contributed by atoms with van der Waals surface area (Å²) in [7, 11) is -1.70. The first-order valence-electron chi connectivity index (χ1n) is 11.8. The fraction of sp³-hybridized carbons (Fsp3) is 0.440. The van der Waals surface area contributed by atoms with E-state index in [1.165, 1.54) is 43.3 Å². The normalized spacial score (nSPS) is 13.2. The van der Waals surface area contributed by atoms with Crippen molar-refractivity contribution in [2.45, 2.75) is 52.2 Å². The molecule has 0 heterocycles. The van der Waals surface area contributed by atoms with Crippen LogP contribution in [0.3, 0.4) is 0 Å². The number of nitrogens with one attached hydrogen (secondary N) is 1. The molecule has 0 bridgehead atoms. The van der Waals surface area contributed by atoms with Crippen LogP contribution in [0.25, 0.3) is 0 Å². The van der Waals surface area contributed by atoms with Gasteiger partial charge in [0.1, 0.15) is 18.4 Å². The largest absolute Gasteiger partial charge is 0.352 e. The van der Waals surface area contributed by atoms with Gasteiger partial charge in [-0.15, -0.1) is 0 Å². The molecule has 2 aromatic carbocycles. The minimum Gasteiger partial charge on any atom is -0.352 e. The van der Waals surface area contributed by atoms with Crippen molar-refractivity contribution >= 4 is 50.9 Å². The lowest BCUT2D eigenvalue weighted by Crippen LogP contribution is -2.54. The molecule has 12 heteroatoms. The molecule has 0 fully saturated rings. The van der Waals surface area contributed by atoms with Gasteiger partial charge in [0.25, 0.3) is 0 Å². The van der Waals surface area contributed by atoms with Gasteiger partial charge in [0.2, 0.25) is 11.8 Å². The molecule has 0 saturated heterocycles. The second-order valence-electron chi connectivity index (χ2n) is 8.75. The molecule has 0 aliphatic heterocycles. The highest BCUT2D eigenvalue weighted by Crippen LogP contribution is 2.26. The maximum absolute atomic E-state index is 14.7. The molecule has 0 unspecified atom stereocenters. The Balaban J connectivity index is 2.56. The van der Waals surface area contributed by atoms with E-state index in [1.54, 1.807) is 19.1 Å². The predicted octanol–water partition coefficient (Wildman–Crippen LogP) is 4.47. The van der Waals surface area contributed by atoms with E-state index in [0.717, 1.165) is 10.4 Å². The lowest BCUT2D eigenvalue weighted by Gasteiger charge is -2.34. The number of anilines is 1. The number of para-hydroxylation sites is 1. The van der Waals surface area contributed by atoms with E-state index in [9.17, 15) is 22.4 Å². The van der Waals surface area contributed by atoms with Gasteiger partial charge in [0.05, 0.1) is 5.69 Å². The third-order valence-electron chi connectivity index (χ3n) is 5.88. The molecule has 204 valence electrons. The maximum atomic E-state index is 14.7. The number of carbonyl (C=O) groups is 2. The van der Waals surface area contributed by atoms with Crippen LogP contribution >= 0.6 is 23.2 Å². The van der Waals surface area contributed by atoms with Gasteiger partial charge < -0.3 is 10.2 Å². The van der Waals surface area contributed by atoms with Crippen LogP contribution in [-0.4, -0.2) is 62.2 Å². The van der Waals surface area contributed by atoms with Crippen LogP contribution < -0.4 is 9.62 Å². The highest BCUT2D eigenvalue weighted by atomic mass is 35.5. The van der Waals surface area contributed by atoms with E-state index in [1.807, 2.05) is 13.8 Å². The van der Waals surface area contributed by atoms with Gasteiger partial charge in [0, 0.05) is 36.7 Å². The molecule has 0 spiro atoms. The lowest BCUT2D eigenvalue weighted by atomic mass is 10.1. The Bertz CT molecular complexity index is 1210. The minimum absolute atomic E-state index is 0.0889. The number of rotatable bonds is 12. The molecule has 8 nitrogen and oxygen atoms in total. The van der Waals surface area contributed by atoms with Crippen LogP contribution in [0.2, 0.25) is 10.0 Å². The zero-order valence-electron chi connectivity index (χ0n) is 21.5. The molecule has 2 atom stereocenters. The fourth-order valence-corrected chi connectivity index (χ4v) is 5.08. The molecule has 2 aromatic rings. The van der Waals surface area contributed by atoms with Gasteiger partial charge in [-0.25, -0.2) is 8.70 Å². The van der Waals surface area contributed by atoms with Gasteiger partial charge in [-0.2, -0.15) is 12.7 Å². The Hall–Kier alpha value is -2.40. The maximum Gasteiger partial charge on any atom is 0.304 e. The number of amides is 2. The van der Waals surface area contributed by atoms with Crippen molar-refractivity contribution in [1.29, 1.82) is 0 Å². The first kappa shape index (κ1) is 30.8. The van der Waals surface area contributed by atoms with Crippen LogP contribution in [0.15, 0.2) is 42.5 Å². The van der Waals surface area contributed by atoms with E-state index in [2.05, 4.69) is 5.32 Å². The summed E-state index contributed by atoms with van der Waals surface area (Å²) in [6.45, 7) is 4.68. The van der Waals surface area contributed by atoms with E-state index in [4.69, 9.17) is 23.2 Å². The lowest BCUT2D eigenvalue weighted by molar-refractivity contribution is -0.140. The van der Waals surface area contributed by atoms with E-state index in [-0.39, 0.29) is 35.6 Å². The summed E-state index contributed by atoms with van der Waals surface area (Å²) < 4.78 is 42.6. The zero-order valence-corrected chi connectivity index (χ0v) is 23.9. The Morgan fingerprint density at radius 2 is 1.70 bits per heavy atom. The molecule has 37 heavy (non-hydrogen) atoms. The molecule has 0 aliphatic rings. The minimum atomic E-state index is -4.27. The zero-order chi connectivity index (χ0) is 27.9. The summed E-state index contributed by atoms with van der Waals surface area (Å²) in [4.78, 5) is 28.2. The van der Waals surface area contributed by atoms with E-state index in [0.29, 0.717) is 21.3 Å². The Labute approximate surface area is 228 Å². The highest BCUT2D eigenvalue weighted by Gasteiger charge is 2.35. The highest BCUT2D eigenvalue weighted by molar-refractivity contribution is 7.90. The van der Waals surface area contributed by atoms with Crippen LogP contribution in [0, 0.1) is 5.82 Å². The summed E-state index contributed by atoms with van der Waals surface area (Å²) >= 11 is 12.4. The van der Waals surface area contributed by atoms with Crippen molar-refractivity contribution in [3.8, 4) is 0 Å². The van der Waals surface area contributed by atoms with Crippen LogP contribution in [0.5, 0.6) is 0 Å². The molecule has 0 saturated carbocycles. The van der Waals surface area contributed by atoms with Crippen molar-refractivity contribution in [2.24, 2.45) is 0 Å². The van der Waals surface area contributed by atoms with Crippen LogP contribution in [0.1, 0.15) is 39.2 Å². The van der Waals surface area contributed by atoms with Crippen molar-refractivity contribution in [3.63, 3.8) is 0 Å². The monoisotopic (exact) mass is 574 g/mol. The Morgan fingerprint density at radius 3 is 2.24 bits per heavy atom. The van der Waals surface area contributed by atoms with Gasteiger partial charge >= 0.3 is 10.2 Å². The molecule has 0 aromatic heterocycles. The number of halogens is 3. The smallest absolute Gasteiger partial charge is 0.304 e. The third kappa shape index (κ3) is 7.80. The summed E-state index contributed by atoms with van der Waals surface area (Å²) in [6.07, 6.45) is 0.931. The molecule has 0 aliphatic carbocycles. The molecule has 2 amide bonds. The summed E-state index contributed by atoms with van der Waals surface area (Å²) in [5.41, 5.74) is 0.230. The average Bonchev–Trinajstić information content (AvgIpc) is 2.83. The first-order chi connectivity index (χ1) is 17.3. The number of hydrogen-bond donors (Lipinski definition) is 1. The number of hydrogen-bond acceptors (Lipinski definition) is 4. The van der Waals surface area contributed by atoms with Gasteiger partial charge in [-0.1, -0.05) is 55.2 Å². The molecule has 2 rings (SSSR count). The van der Waals surface area contributed by atoms with Crippen molar-refractivity contribution < 1.29 is 22.4 Å². The van der Waals surface area contributed by atoms with Crippen molar-refractivity contribution in [3.05, 3.63) is 63.9 Å². The van der Waals surface area contributed by atoms with Gasteiger partial charge in [0.15, 0.2) is 0 Å². The standard InChI is InChI=1S/C25H33Cl2FN4O4S/c1-6-17(3)29-25(34)22(7-2)31(15-18-12-13-19(26)14-20(18)27)24(33)16-32(37(35,36)30(4)5)23-11-9-8-10-21(23)28/h8-14,17,22H,6-7,15-16H2,1-5H3,(H,29,34)/t17-,22-/m0/s1. The van der Waals surface area contributed by atoms with Crippen molar-refractivity contribution in [2.75, 3.05) is 24.9 Å². The fourth-order valence-electron chi connectivity index (χ4n) is 3.55. The Morgan fingerprint density at radius 1 is 1.05 bits per heavy atom. The SMILES string of the molecule is CC[C@H](C)NC(=O)[C@H](CC)N(Cc1ccc(Cl)cc1Cl)C(=O)CN(c1ccccc1F)S(=O)(=O)N(C)C. The summed E-state index contributed by atoms with van der Waals surface area (Å²) in [5, 5.41) is 3.57. The number of benzene rings is 2. The topological polar surface area (TPSA) is 90.0 Å². The predicted molar refractivity (Wildman–Crippen MR) is 145 cm³/mol. The quantitative estimate of drug-likeness (QED) is 0.405. The van der Waals surface area contributed by atoms with Crippen LogP contribution in [-0.2, 0) is 26.3 Å². The third-order valence-corrected chi connectivity index (χ3v) is 8.28. The number of carbonyl (C=O) groups excluding carboxylic acids is 2. The van der Waals surface area contributed by atoms with Crippen LogP contribution in [0.4, 0.5) is 10.1 Å². The van der Waals surface area contributed by atoms with E-state index < -0.39 is 34.5 Å². The molecule has 1 N–H and O–H groups in total. The second-order valence-corrected chi connectivity index (χ2v) is 11.7. The Kier molecular flexibility index (Phi) is 11.2. The van der Waals surface area contributed by atoms with Crippen molar-refractivity contribution in [1.82, 2.24) is 14.5 Å². The first-order valence-corrected chi connectivity index (χ1v) is 14.0. The van der Waals surface area contributed by atoms with Gasteiger partial charge in [-0.05, 0) is 49.6 Å². The number of nitrogens with zero attached hydrogens (tertiary/aromatic N) is 3. The van der Waals surface area contributed by atoms with Gasteiger partial charge in [-0.3, -0.25) is 9.59 Å². The van der Waals surface area contributed by atoms with E-state index >= 15 is 0 Å². The summed E-state index contributed by atoms with van der Waals surface area (Å²) in [5.74, 6) is -1.90. The molecule has 0 radical (unpaired) electrons. The summed E-state index contributed by atoms with van der Waals surface area (Å²) in [6, 6.07) is 8.96. The average molecular weight is 576 g/mol. The molecular weight excluding hydrogens is 542 g/mol. The molecular formula is C25H33Cl2FN4O4S. The second kappa shape index (κ2) is 13.4.